The molecule has 14 heavy (non-hydrogen) atoms. The van der Waals surface area contributed by atoms with Crippen LogP contribution < -0.4 is 11.1 Å². The average molecular weight is 198 g/mol. The molecule has 1 fully saturated rings. The molecule has 1 aliphatic carbocycles. The van der Waals surface area contributed by atoms with E-state index in [1.807, 2.05) is 0 Å². The van der Waals surface area contributed by atoms with Crippen molar-refractivity contribution in [3.63, 3.8) is 0 Å². The van der Waals surface area contributed by atoms with Gasteiger partial charge >= 0.3 is 0 Å². The second-order valence-corrected chi connectivity index (χ2v) is 4.94. The van der Waals surface area contributed by atoms with E-state index in [9.17, 15) is 0 Å². The highest BCUT2D eigenvalue weighted by Crippen LogP contribution is 2.37. The maximum absolute atomic E-state index is 5.88. The van der Waals surface area contributed by atoms with Crippen molar-refractivity contribution in [2.24, 2.45) is 17.6 Å². The normalized spacial score (nSPS) is 30.0. The van der Waals surface area contributed by atoms with Gasteiger partial charge in [0.2, 0.25) is 0 Å². The molecule has 0 aromatic heterocycles. The number of nitrogens with one attached hydrogen (secondary N) is 1. The standard InChI is InChI=1S/C12H26N2/c1-4-6-12(5-2,9-13)14-8-11-7-10(11)3/h10-11,14H,4-9,13H2,1-3H3. The zero-order chi connectivity index (χ0) is 10.6. The lowest BCUT2D eigenvalue weighted by atomic mass is 9.90. The van der Waals surface area contributed by atoms with E-state index in [1.54, 1.807) is 0 Å². The van der Waals surface area contributed by atoms with Gasteiger partial charge in [-0.15, -0.1) is 0 Å². The fourth-order valence-corrected chi connectivity index (χ4v) is 2.22. The molecule has 1 saturated carbocycles. The summed E-state index contributed by atoms with van der Waals surface area (Å²) in [6.07, 6.45) is 4.99. The van der Waals surface area contributed by atoms with E-state index in [1.165, 1.54) is 25.8 Å². The number of hydrogen-bond donors (Lipinski definition) is 2. The van der Waals surface area contributed by atoms with Gasteiger partial charge in [0.15, 0.2) is 0 Å². The minimum atomic E-state index is 0.219. The molecular weight excluding hydrogens is 172 g/mol. The molecule has 1 rings (SSSR count). The zero-order valence-corrected chi connectivity index (χ0v) is 9.97. The Bertz CT molecular complexity index is 164. The average Bonchev–Trinajstić information content (AvgIpc) is 2.90. The maximum Gasteiger partial charge on any atom is 0.0301 e. The van der Waals surface area contributed by atoms with Crippen molar-refractivity contribution in [1.82, 2.24) is 5.32 Å². The van der Waals surface area contributed by atoms with E-state index in [4.69, 9.17) is 5.73 Å². The lowest BCUT2D eigenvalue weighted by Gasteiger charge is -2.32. The fraction of sp³-hybridized carbons (Fsp3) is 1.00. The van der Waals surface area contributed by atoms with Crippen LogP contribution in [0.1, 0.15) is 46.5 Å². The second-order valence-electron chi connectivity index (χ2n) is 4.94. The van der Waals surface area contributed by atoms with Gasteiger partial charge < -0.3 is 11.1 Å². The molecule has 0 aromatic rings. The Morgan fingerprint density at radius 2 is 2.07 bits per heavy atom. The summed E-state index contributed by atoms with van der Waals surface area (Å²) in [5.74, 6) is 1.86. The van der Waals surface area contributed by atoms with Gasteiger partial charge in [-0.25, -0.2) is 0 Å². The minimum absolute atomic E-state index is 0.219. The molecule has 0 bridgehead atoms. The summed E-state index contributed by atoms with van der Waals surface area (Å²) in [7, 11) is 0. The molecular formula is C12H26N2. The first-order valence-corrected chi connectivity index (χ1v) is 6.12. The largest absolute Gasteiger partial charge is 0.329 e. The van der Waals surface area contributed by atoms with Gasteiger partial charge in [-0.2, -0.15) is 0 Å². The Morgan fingerprint density at radius 3 is 2.43 bits per heavy atom. The van der Waals surface area contributed by atoms with Gasteiger partial charge in [0.1, 0.15) is 0 Å². The molecule has 1 aliphatic rings. The Balaban J connectivity index is 2.33. The molecule has 2 heteroatoms. The van der Waals surface area contributed by atoms with Gasteiger partial charge in [0.25, 0.3) is 0 Å². The first kappa shape index (κ1) is 12.0. The summed E-state index contributed by atoms with van der Waals surface area (Å²) >= 11 is 0. The van der Waals surface area contributed by atoms with Gasteiger partial charge in [-0.1, -0.05) is 27.2 Å². The molecule has 0 aromatic carbocycles. The zero-order valence-electron chi connectivity index (χ0n) is 9.97. The maximum atomic E-state index is 5.88. The van der Waals surface area contributed by atoms with Crippen LogP contribution in [0.4, 0.5) is 0 Å². The SMILES string of the molecule is CCCC(CC)(CN)NCC1CC1C. The van der Waals surface area contributed by atoms with E-state index in [0.29, 0.717) is 0 Å². The van der Waals surface area contributed by atoms with Crippen molar-refractivity contribution in [3.8, 4) is 0 Å². The topological polar surface area (TPSA) is 38.0 Å². The van der Waals surface area contributed by atoms with Gasteiger partial charge in [0, 0.05) is 12.1 Å². The summed E-state index contributed by atoms with van der Waals surface area (Å²) in [6, 6.07) is 0. The first-order chi connectivity index (χ1) is 6.67. The summed E-state index contributed by atoms with van der Waals surface area (Å²) in [5, 5.41) is 3.70. The van der Waals surface area contributed by atoms with Gasteiger partial charge in [0.05, 0.1) is 0 Å². The summed E-state index contributed by atoms with van der Waals surface area (Å²) in [6.45, 7) is 8.76. The second kappa shape index (κ2) is 5.13. The highest BCUT2D eigenvalue weighted by Gasteiger charge is 2.34. The molecule has 0 aliphatic heterocycles. The van der Waals surface area contributed by atoms with E-state index >= 15 is 0 Å². The van der Waals surface area contributed by atoms with Crippen LogP contribution in [0.2, 0.25) is 0 Å². The van der Waals surface area contributed by atoms with E-state index in [0.717, 1.165) is 24.8 Å². The van der Waals surface area contributed by atoms with Crippen molar-refractivity contribution < 1.29 is 0 Å². The minimum Gasteiger partial charge on any atom is -0.329 e. The highest BCUT2D eigenvalue weighted by atomic mass is 15.0. The van der Waals surface area contributed by atoms with Crippen LogP contribution in [-0.4, -0.2) is 18.6 Å². The van der Waals surface area contributed by atoms with Crippen molar-refractivity contribution in [2.45, 2.75) is 52.0 Å². The molecule has 0 spiro atoms. The third-order valence-corrected chi connectivity index (χ3v) is 3.81. The van der Waals surface area contributed by atoms with E-state index in [2.05, 4.69) is 26.1 Å². The van der Waals surface area contributed by atoms with E-state index in [-0.39, 0.29) is 5.54 Å². The van der Waals surface area contributed by atoms with Gasteiger partial charge in [-0.3, -0.25) is 0 Å². The van der Waals surface area contributed by atoms with Crippen LogP contribution in [0.25, 0.3) is 0 Å². The summed E-state index contributed by atoms with van der Waals surface area (Å²) < 4.78 is 0. The summed E-state index contributed by atoms with van der Waals surface area (Å²) in [4.78, 5) is 0. The van der Waals surface area contributed by atoms with Crippen molar-refractivity contribution in [1.29, 1.82) is 0 Å². The number of hydrogen-bond acceptors (Lipinski definition) is 2. The predicted molar refractivity (Wildman–Crippen MR) is 62.3 cm³/mol. The monoisotopic (exact) mass is 198 g/mol. The lowest BCUT2D eigenvalue weighted by molar-refractivity contribution is 0.290. The Hall–Kier alpha value is -0.0800. The molecule has 3 N–H and O–H groups in total. The van der Waals surface area contributed by atoms with Crippen molar-refractivity contribution in [3.05, 3.63) is 0 Å². The number of nitrogens with two attached hydrogens (primary N) is 1. The fourth-order valence-electron chi connectivity index (χ4n) is 2.22. The molecule has 0 heterocycles. The Morgan fingerprint density at radius 1 is 1.43 bits per heavy atom. The third kappa shape index (κ3) is 2.96. The Kier molecular flexibility index (Phi) is 4.39. The quantitative estimate of drug-likeness (QED) is 0.658. The highest BCUT2D eigenvalue weighted by molar-refractivity contribution is 4.92. The summed E-state index contributed by atoms with van der Waals surface area (Å²) in [5.41, 5.74) is 6.10. The Labute approximate surface area is 88.6 Å². The molecule has 0 amide bonds. The van der Waals surface area contributed by atoms with Crippen LogP contribution in [0, 0.1) is 11.8 Å². The first-order valence-electron chi connectivity index (χ1n) is 6.12. The van der Waals surface area contributed by atoms with Crippen LogP contribution >= 0.6 is 0 Å². The number of rotatable bonds is 7. The van der Waals surface area contributed by atoms with Crippen LogP contribution in [0.3, 0.4) is 0 Å². The molecule has 2 nitrogen and oxygen atoms in total. The third-order valence-electron chi connectivity index (χ3n) is 3.81. The molecule has 3 unspecified atom stereocenters. The molecule has 0 radical (unpaired) electrons. The lowest BCUT2D eigenvalue weighted by Crippen LogP contribution is -2.51. The van der Waals surface area contributed by atoms with Gasteiger partial charge in [-0.05, 0) is 37.6 Å². The van der Waals surface area contributed by atoms with Crippen LogP contribution in [0.15, 0.2) is 0 Å². The van der Waals surface area contributed by atoms with Crippen LogP contribution in [-0.2, 0) is 0 Å². The van der Waals surface area contributed by atoms with Crippen LogP contribution in [0.5, 0.6) is 0 Å². The van der Waals surface area contributed by atoms with E-state index < -0.39 is 0 Å². The van der Waals surface area contributed by atoms with Crippen molar-refractivity contribution in [2.75, 3.05) is 13.1 Å². The smallest absolute Gasteiger partial charge is 0.0301 e. The molecule has 3 atom stereocenters. The molecule has 0 saturated heterocycles. The predicted octanol–water partition coefficient (Wildman–Crippen LogP) is 2.14. The van der Waals surface area contributed by atoms with Crippen molar-refractivity contribution >= 4 is 0 Å². The molecule has 84 valence electrons.